The number of nitrogens with zero attached hydrogens (tertiary/aromatic N) is 1. The van der Waals surface area contributed by atoms with Crippen LogP contribution >= 0.6 is 0 Å². The van der Waals surface area contributed by atoms with Crippen molar-refractivity contribution in [3.8, 4) is 0 Å². The fraction of sp³-hybridized carbons (Fsp3) is 0.333. The van der Waals surface area contributed by atoms with Crippen molar-refractivity contribution in [1.82, 2.24) is 10.3 Å². The fourth-order valence-corrected chi connectivity index (χ4v) is 2.68. The average Bonchev–Trinajstić information content (AvgIpc) is 2.84. The normalized spacial score (nSPS) is 22.1. The molecular weight excluding hydrogens is 252 g/mol. The highest BCUT2D eigenvalue weighted by Gasteiger charge is 2.28. The van der Waals surface area contributed by atoms with Gasteiger partial charge in [-0.05, 0) is 32.0 Å². The van der Waals surface area contributed by atoms with Gasteiger partial charge >= 0.3 is 0 Å². The lowest BCUT2D eigenvalue weighted by atomic mass is 10.0. The van der Waals surface area contributed by atoms with Gasteiger partial charge in [-0.2, -0.15) is 0 Å². The van der Waals surface area contributed by atoms with Gasteiger partial charge in [-0.1, -0.05) is 18.2 Å². The molecule has 20 heavy (non-hydrogen) atoms. The van der Waals surface area contributed by atoms with Gasteiger partial charge in [-0.15, -0.1) is 0 Å². The molecule has 1 aromatic carbocycles. The summed E-state index contributed by atoms with van der Waals surface area (Å²) in [4.78, 5) is 16.2. The summed E-state index contributed by atoms with van der Waals surface area (Å²) in [6.07, 6.45) is 1.02. The number of pyridine rings is 1. The van der Waals surface area contributed by atoms with Crippen LogP contribution in [-0.2, 0) is 0 Å². The Balaban J connectivity index is 2.05. The van der Waals surface area contributed by atoms with Gasteiger partial charge in [0.15, 0.2) is 0 Å². The number of primary amides is 1. The molecule has 1 amide bonds. The summed E-state index contributed by atoms with van der Waals surface area (Å²) in [6, 6.07) is 9.29. The number of rotatable bonds is 3. The van der Waals surface area contributed by atoms with Crippen LogP contribution in [0.25, 0.3) is 10.9 Å². The second-order valence-corrected chi connectivity index (χ2v) is 5.55. The lowest BCUT2D eigenvalue weighted by Gasteiger charge is -2.25. The second-order valence-electron chi connectivity index (χ2n) is 5.55. The third-order valence-electron chi connectivity index (χ3n) is 3.78. The Morgan fingerprint density at radius 2 is 2.25 bits per heavy atom. The van der Waals surface area contributed by atoms with E-state index in [1.165, 1.54) is 0 Å². The fourth-order valence-electron chi connectivity index (χ4n) is 2.68. The van der Waals surface area contributed by atoms with Crippen molar-refractivity contribution in [2.75, 3.05) is 18.4 Å². The molecule has 1 saturated heterocycles. The molecule has 104 valence electrons. The maximum atomic E-state index is 11.6. The monoisotopic (exact) mass is 270 g/mol. The Morgan fingerprint density at radius 1 is 1.45 bits per heavy atom. The van der Waals surface area contributed by atoms with E-state index in [-0.39, 0.29) is 5.54 Å². The maximum absolute atomic E-state index is 11.6. The summed E-state index contributed by atoms with van der Waals surface area (Å²) >= 11 is 0. The maximum Gasteiger partial charge on any atom is 0.249 e. The van der Waals surface area contributed by atoms with Crippen molar-refractivity contribution in [1.29, 1.82) is 0 Å². The smallest absolute Gasteiger partial charge is 0.249 e. The Kier molecular flexibility index (Phi) is 3.06. The van der Waals surface area contributed by atoms with Crippen LogP contribution in [-0.4, -0.2) is 29.5 Å². The molecule has 1 unspecified atom stereocenters. The van der Waals surface area contributed by atoms with E-state index in [0.717, 1.165) is 30.4 Å². The van der Waals surface area contributed by atoms with Gasteiger partial charge in [0.2, 0.25) is 5.91 Å². The van der Waals surface area contributed by atoms with Crippen LogP contribution in [0.2, 0.25) is 0 Å². The molecule has 2 aromatic rings. The number of hydrogen-bond donors (Lipinski definition) is 3. The van der Waals surface area contributed by atoms with Gasteiger partial charge in [0, 0.05) is 17.5 Å². The number of para-hydroxylation sites is 1. The highest BCUT2D eigenvalue weighted by molar-refractivity contribution is 6.06. The Labute approximate surface area is 117 Å². The number of amides is 1. The zero-order chi connectivity index (χ0) is 14.2. The van der Waals surface area contributed by atoms with Gasteiger partial charge in [0.1, 0.15) is 5.82 Å². The van der Waals surface area contributed by atoms with Gasteiger partial charge in [-0.25, -0.2) is 4.98 Å². The minimum Gasteiger partial charge on any atom is -0.366 e. The van der Waals surface area contributed by atoms with E-state index >= 15 is 0 Å². The number of fused-ring (bicyclic) bond motifs is 1. The molecule has 0 aliphatic carbocycles. The highest BCUT2D eigenvalue weighted by atomic mass is 16.1. The van der Waals surface area contributed by atoms with Gasteiger partial charge in [-0.3, -0.25) is 4.79 Å². The van der Waals surface area contributed by atoms with Crippen LogP contribution in [0, 0.1) is 0 Å². The molecule has 5 heteroatoms. The van der Waals surface area contributed by atoms with Crippen LogP contribution in [0.15, 0.2) is 30.3 Å². The third kappa shape index (κ3) is 2.32. The summed E-state index contributed by atoms with van der Waals surface area (Å²) < 4.78 is 0. The molecule has 1 aromatic heterocycles. The average molecular weight is 270 g/mol. The van der Waals surface area contributed by atoms with Gasteiger partial charge < -0.3 is 16.4 Å². The van der Waals surface area contributed by atoms with Crippen LogP contribution in [0.5, 0.6) is 0 Å². The number of benzene rings is 1. The minimum atomic E-state index is -0.429. The zero-order valence-corrected chi connectivity index (χ0v) is 11.4. The second kappa shape index (κ2) is 4.76. The van der Waals surface area contributed by atoms with E-state index in [2.05, 4.69) is 22.5 Å². The molecule has 1 fully saturated rings. The predicted octanol–water partition coefficient (Wildman–Crippen LogP) is 1.50. The molecule has 2 heterocycles. The zero-order valence-electron chi connectivity index (χ0n) is 11.4. The molecule has 0 radical (unpaired) electrons. The molecule has 5 nitrogen and oxygen atoms in total. The summed E-state index contributed by atoms with van der Waals surface area (Å²) in [5.74, 6) is 0.269. The van der Waals surface area contributed by atoms with Crippen molar-refractivity contribution >= 4 is 22.6 Å². The highest BCUT2D eigenvalue weighted by Crippen LogP contribution is 2.24. The van der Waals surface area contributed by atoms with Crippen molar-refractivity contribution in [2.24, 2.45) is 5.73 Å². The summed E-state index contributed by atoms with van der Waals surface area (Å²) in [5, 5.41) is 7.54. The lowest BCUT2D eigenvalue weighted by molar-refractivity contribution is 0.100. The van der Waals surface area contributed by atoms with Gasteiger partial charge in [0.05, 0.1) is 11.1 Å². The predicted molar refractivity (Wildman–Crippen MR) is 79.8 cm³/mol. The Hall–Kier alpha value is -2.14. The minimum absolute atomic E-state index is 0.0373. The first-order chi connectivity index (χ1) is 9.57. The number of carbonyl (C=O) groups is 1. The molecular formula is C15H18N4O. The number of nitrogens with two attached hydrogens (primary N) is 1. The largest absolute Gasteiger partial charge is 0.366 e. The molecule has 0 saturated carbocycles. The number of hydrogen-bond acceptors (Lipinski definition) is 4. The van der Waals surface area contributed by atoms with E-state index in [4.69, 9.17) is 5.73 Å². The lowest BCUT2D eigenvalue weighted by Crippen LogP contribution is -2.37. The Bertz CT molecular complexity index is 662. The molecule has 3 rings (SSSR count). The first-order valence-corrected chi connectivity index (χ1v) is 6.76. The standard InChI is InChI=1S/C15H18N4O/c1-15(6-7-17-9-15)19-13-8-11(14(16)20)10-4-2-3-5-12(10)18-13/h2-5,8,17H,6-7,9H2,1H3,(H2,16,20)(H,18,19). The molecule has 1 aliphatic rings. The van der Waals surface area contributed by atoms with E-state index in [9.17, 15) is 4.79 Å². The summed E-state index contributed by atoms with van der Waals surface area (Å²) in [6.45, 7) is 4.01. The van der Waals surface area contributed by atoms with Crippen LogP contribution < -0.4 is 16.4 Å². The Morgan fingerprint density at radius 3 is 2.95 bits per heavy atom. The van der Waals surface area contributed by atoms with Crippen molar-refractivity contribution < 1.29 is 4.79 Å². The van der Waals surface area contributed by atoms with Gasteiger partial charge in [0.25, 0.3) is 0 Å². The topological polar surface area (TPSA) is 80.0 Å². The number of nitrogens with one attached hydrogen (secondary N) is 2. The molecule has 0 spiro atoms. The van der Waals surface area contributed by atoms with Crippen LogP contribution in [0.3, 0.4) is 0 Å². The third-order valence-corrected chi connectivity index (χ3v) is 3.78. The first-order valence-electron chi connectivity index (χ1n) is 6.76. The van der Waals surface area contributed by atoms with E-state index < -0.39 is 5.91 Å². The summed E-state index contributed by atoms with van der Waals surface area (Å²) in [5.41, 5.74) is 6.73. The number of aromatic nitrogens is 1. The van der Waals surface area contributed by atoms with Crippen molar-refractivity contribution in [3.05, 3.63) is 35.9 Å². The first kappa shape index (κ1) is 12.9. The quantitative estimate of drug-likeness (QED) is 0.789. The SMILES string of the molecule is CC1(Nc2cc(C(N)=O)c3ccccc3n2)CCNC1. The molecule has 1 aliphatic heterocycles. The van der Waals surface area contributed by atoms with Crippen molar-refractivity contribution in [2.45, 2.75) is 18.9 Å². The molecule has 1 atom stereocenters. The van der Waals surface area contributed by atoms with Crippen LogP contribution in [0.1, 0.15) is 23.7 Å². The van der Waals surface area contributed by atoms with Crippen molar-refractivity contribution in [3.63, 3.8) is 0 Å². The number of anilines is 1. The summed E-state index contributed by atoms with van der Waals surface area (Å²) in [7, 11) is 0. The van der Waals surface area contributed by atoms with E-state index in [1.807, 2.05) is 24.3 Å². The molecule has 4 N–H and O–H groups in total. The molecule has 0 bridgehead atoms. The van der Waals surface area contributed by atoms with E-state index in [1.54, 1.807) is 6.07 Å². The van der Waals surface area contributed by atoms with Crippen LogP contribution in [0.4, 0.5) is 5.82 Å². The number of carbonyl (C=O) groups excluding carboxylic acids is 1. The van der Waals surface area contributed by atoms with E-state index in [0.29, 0.717) is 11.4 Å².